The smallest absolute Gasteiger partial charge is 0.331 e. The molecule has 0 unspecified atom stereocenters. The maximum atomic E-state index is 13.9. The predicted molar refractivity (Wildman–Crippen MR) is 377 cm³/mol. The van der Waals surface area contributed by atoms with E-state index in [4.69, 9.17) is 47.4 Å². The summed E-state index contributed by atoms with van der Waals surface area (Å²) in [6, 6.07) is 0. The van der Waals surface area contributed by atoms with Crippen molar-refractivity contribution in [1.29, 1.82) is 0 Å². The van der Waals surface area contributed by atoms with E-state index in [1.807, 2.05) is 106 Å². The third-order valence-electron chi connectivity index (χ3n) is 22.3. The second-order valence-electron chi connectivity index (χ2n) is 30.3. The van der Waals surface area contributed by atoms with Crippen molar-refractivity contribution < 1.29 is 97.8 Å². The maximum Gasteiger partial charge on any atom is 0.331 e. The molecule has 2 saturated heterocycles. The zero-order chi connectivity index (χ0) is 72.5. The summed E-state index contributed by atoms with van der Waals surface area (Å²) in [5, 5.41) is 94.4. The minimum absolute atomic E-state index is 0.0293. The van der Waals surface area contributed by atoms with Gasteiger partial charge in [0.1, 0.15) is 12.2 Å². The fourth-order valence-electron chi connectivity index (χ4n) is 15.3. The highest BCUT2D eigenvalue weighted by Crippen LogP contribution is 2.37. The number of methoxy groups -OCH3 is 4. The first kappa shape index (κ1) is 85.4. The van der Waals surface area contributed by atoms with Crippen LogP contribution in [0.3, 0.4) is 0 Å². The Morgan fingerprint density at radius 1 is 0.449 bits per heavy atom. The summed E-state index contributed by atoms with van der Waals surface area (Å²) in [6.07, 6.45) is 14.1. The number of aliphatic hydroxyl groups excluding tert-OH is 8. The van der Waals surface area contributed by atoms with Gasteiger partial charge in [0.25, 0.3) is 0 Å². The van der Waals surface area contributed by atoms with E-state index in [0.717, 1.165) is 25.7 Å². The van der Waals surface area contributed by atoms with Crippen LogP contribution in [0.5, 0.6) is 0 Å². The van der Waals surface area contributed by atoms with Crippen molar-refractivity contribution in [3.05, 3.63) is 71.9 Å². The number of aliphatic hydroxyl groups is 8. The summed E-state index contributed by atoms with van der Waals surface area (Å²) in [6.45, 7) is 22.5. The van der Waals surface area contributed by atoms with E-state index >= 15 is 0 Å². The van der Waals surface area contributed by atoms with Crippen molar-refractivity contribution in [3.8, 4) is 0 Å². The number of carbonyl (C=O) groups excluding carboxylic acids is 2. The third-order valence-corrected chi connectivity index (χ3v) is 22.3. The zero-order valence-electron chi connectivity index (χ0n) is 62.3. The first-order valence-electron chi connectivity index (χ1n) is 37.1. The van der Waals surface area contributed by atoms with Crippen LogP contribution < -0.4 is 0 Å². The molecule has 5 aliphatic rings. The molecule has 0 aliphatic carbocycles. The average molecular weight is 1390 g/mol. The zero-order valence-corrected chi connectivity index (χ0v) is 62.3. The number of allylic oxidation sites excluding steroid dienone is 4. The minimum Gasteiger partial charge on any atom is -0.458 e. The van der Waals surface area contributed by atoms with Crippen molar-refractivity contribution >= 4 is 11.9 Å². The molecule has 0 aromatic carbocycles. The van der Waals surface area contributed by atoms with Gasteiger partial charge in [-0.2, -0.15) is 0 Å². The van der Waals surface area contributed by atoms with E-state index in [1.165, 1.54) is 12.2 Å². The summed E-state index contributed by atoms with van der Waals surface area (Å²) in [5.74, 6) is -5.50. The molecular weight excluding hydrogens is 1260 g/mol. The Morgan fingerprint density at radius 2 is 0.806 bits per heavy atom. The number of hydrogen-bond donors (Lipinski definition) is 8. The van der Waals surface area contributed by atoms with Gasteiger partial charge in [0.2, 0.25) is 0 Å². The SMILES string of the molecule is CO[C@H]1C[C@H](CC[C@H](C)[C@H](O)[C@H](C)[C@H]2OC(=O)C=CC(C)=CC[C@H](O)C[C@@H]3C=CC[C@@H](C[C@H](OC)[C@@H](C)[C@@H](O)C[C@@H](O)[C@H](C)[C@@H]([C@@H](C)[C@@H](O)[C@@H](C)CC[C@H]4C[C@H](OC)C[C@H](C)O4)OC(=O)C=CC(C)=CC[C@H](O)C[C@@H]4C=CC[C@@H](C[C@H](OC)[C@@H](C)[C@@H](O)C[C@@H](O)[C@@H]2C)O4)O3)O[C@@H](C)C1. The Balaban J connectivity index is 1.36. The second-order valence-corrected chi connectivity index (χ2v) is 30.3. The molecule has 0 spiro atoms. The molecule has 5 aliphatic heterocycles. The molecule has 8 N–H and O–H groups in total. The van der Waals surface area contributed by atoms with Crippen LogP contribution >= 0.6 is 0 Å². The summed E-state index contributed by atoms with van der Waals surface area (Å²) in [5.41, 5.74) is 1.39. The van der Waals surface area contributed by atoms with Gasteiger partial charge in [0.15, 0.2) is 0 Å². The normalized spacial score (nSPS) is 39.3. The number of carbonyl (C=O) groups is 2. The molecule has 20 heteroatoms. The van der Waals surface area contributed by atoms with Crippen molar-refractivity contribution in [2.75, 3.05) is 28.4 Å². The van der Waals surface area contributed by atoms with Crippen LogP contribution in [0.1, 0.15) is 199 Å². The minimum atomic E-state index is -1.16. The molecule has 0 aromatic rings. The summed E-state index contributed by atoms with van der Waals surface area (Å²) in [7, 11) is 6.58. The molecule has 2 fully saturated rings. The lowest BCUT2D eigenvalue weighted by atomic mass is 9.78. The van der Waals surface area contributed by atoms with Crippen molar-refractivity contribution in [3.63, 3.8) is 0 Å². The molecule has 5 rings (SSSR count). The fourth-order valence-corrected chi connectivity index (χ4v) is 15.3. The highest BCUT2D eigenvalue weighted by molar-refractivity contribution is 5.83. The van der Waals surface area contributed by atoms with E-state index in [-0.39, 0.29) is 99.2 Å². The van der Waals surface area contributed by atoms with Gasteiger partial charge in [0.05, 0.1) is 122 Å². The van der Waals surface area contributed by atoms with E-state index in [0.29, 0.717) is 62.5 Å². The molecule has 4 bridgehead atoms. The monoisotopic (exact) mass is 1390 g/mol. The Bertz CT molecular complexity index is 2320. The number of hydrogen-bond acceptors (Lipinski definition) is 20. The molecule has 0 radical (unpaired) electrons. The topological polar surface area (TPSA) is 288 Å². The van der Waals surface area contributed by atoms with E-state index in [2.05, 4.69) is 0 Å². The summed E-state index contributed by atoms with van der Waals surface area (Å²) in [4.78, 5) is 27.8. The molecule has 564 valence electrons. The Labute approximate surface area is 587 Å². The standard InChI is InChI=1S/C78H132O20/c1-45-23-29-57(79)37-59-19-17-21-61(95-59)41-71(91-15)52(8)68(82)44-70(84)54(10)78(56(12)76(88)48(4)28-32-64-40-66(90-14)36-50(6)94-64)98-74(86)34-26-46(2)24-30-58(80)38-60-20-18-22-62(96-60)42-72(92-16)51(7)67(81)43-69(83)53(9)77(97-73(85)33-25-45)55(11)75(87)47(3)27-31-63-39-65(89-13)35-49(5)93-63/h17-20,23-26,33-34,47-72,75-84,87-88H,21-22,27-32,35-44H2,1-16H3/t47-,48-,49-,50-,51-,52-,53-,54-,55-,56-,57-,58-,59-,60-,61-,62-,63-,64-,65+,66+,67-,68-,69+,70+,71-,72-,75-,76-,77-,78-/m0/s1. The molecule has 0 amide bonds. The number of esters is 2. The summed E-state index contributed by atoms with van der Waals surface area (Å²) >= 11 is 0. The molecule has 30 atom stereocenters. The average Bonchev–Trinajstić information content (AvgIpc) is 0.853. The fraction of sp³-hybridized carbons (Fsp3) is 0.821. The van der Waals surface area contributed by atoms with Gasteiger partial charge >= 0.3 is 11.9 Å². The van der Waals surface area contributed by atoms with Gasteiger partial charge in [0, 0.05) is 102 Å². The van der Waals surface area contributed by atoms with Crippen LogP contribution in [-0.4, -0.2) is 216 Å². The quantitative estimate of drug-likeness (QED) is 0.0527. The Morgan fingerprint density at radius 3 is 1.15 bits per heavy atom. The van der Waals surface area contributed by atoms with Crippen LogP contribution in [0.2, 0.25) is 0 Å². The summed E-state index contributed by atoms with van der Waals surface area (Å²) < 4.78 is 61.3. The van der Waals surface area contributed by atoms with Gasteiger partial charge in [-0.15, -0.1) is 0 Å². The third kappa shape index (κ3) is 28.1. The van der Waals surface area contributed by atoms with Gasteiger partial charge in [-0.25, -0.2) is 9.59 Å². The highest BCUT2D eigenvalue weighted by atomic mass is 16.6. The lowest BCUT2D eigenvalue weighted by Crippen LogP contribution is -2.45. The van der Waals surface area contributed by atoms with Crippen molar-refractivity contribution in [2.24, 2.45) is 47.3 Å². The molecule has 98 heavy (non-hydrogen) atoms. The van der Waals surface area contributed by atoms with Crippen LogP contribution in [0.4, 0.5) is 0 Å². The lowest BCUT2D eigenvalue weighted by Gasteiger charge is -2.38. The van der Waals surface area contributed by atoms with Crippen LogP contribution in [0.25, 0.3) is 0 Å². The molecular formula is C78H132O20. The largest absolute Gasteiger partial charge is 0.458 e. The highest BCUT2D eigenvalue weighted by Gasteiger charge is 2.42. The molecule has 0 saturated carbocycles. The van der Waals surface area contributed by atoms with Gasteiger partial charge in [-0.05, 0) is 129 Å². The molecule has 5 heterocycles. The number of ether oxygens (including phenoxy) is 10. The first-order valence-corrected chi connectivity index (χ1v) is 37.1. The second kappa shape index (κ2) is 43.1. The Kier molecular flexibility index (Phi) is 37.6. The van der Waals surface area contributed by atoms with Crippen LogP contribution in [0.15, 0.2) is 71.9 Å². The van der Waals surface area contributed by atoms with E-state index in [1.54, 1.807) is 54.4 Å². The van der Waals surface area contributed by atoms with Crippen molar-refractivity contribution in [2.45, 2.75) is 333 Å². The maximum absolute atomic E-state index is 13.9. The van der Waals surface area contributed by atoms with Crippen LogP contribution in [0, 0.1) is 47.3 Å². The number of rotatable bonds is 16. The lowest BCUT2D eigenvalue weighted by molar-refractivity contribution is -0.158. The predicted octanol–water partition coefficient (Wildman–Crippen LogP) is 10.1. The van der Waals surface area contributed by atoms with E-state index in [9.17, 15) is 50.4 Å². The first-order chi connectivity index (χ1) is 46.4. The molecule has 20 nitrogen and oxygen atoms in total. The van der Waals surface area contributed by atoms with Crippen LogP contribution in [-0.2, 0) is 57.0 Å². The van der Waals surface area contributed by atoms with Gasteiger partial charge in [-0.1, -0.05) is 115 Å². The number of fused-ring (bicyclic) bond motifs is 4. The van der Waals surface area contributed by atoms with E-state index < -0.39 is 133 Å². The van der Waals surface area contributed by atoms with Gasteiger partial charge < -0.3 is 88.2 Å². The Hall–Kier alpha value is -3.26. The number of cyclic esters (lactones) is 2. The van der Waals surface area contributed by atoms with Crippen molar-refractivity contribution in [1.82, 2.24) is 0 Å². The van der Waals surface area contributed by atoms with Gasteiger partial charge in [-0.3, -0.25) is 0 Å². The molecule has 0 aromatic heterocycles.